The molecule has 0 saturated carbocycles. The molecule has 0 bridgehead atoms. The van der Waals surface area contributed by atoms with Crippen LogP contribution in [0.1, 0.15) is 11.7 Å². The van der Waals surface area contributed by atoms with E-state index in [0.29, 0.717) is 24.6 Å². The number of oxazole rings is 1. The Labute approximate surface area is 146 Å². The van der Waals surface area contributed by atoms with E-state index in [1.165, 1.54) is 0 Å². The van der Waals surface area contributed by atoms with Crippen molar-refractivity contribution in [1.82, 2.24) is 10.3 Å². The van der Waals surface area contributed by atoms with E-state index in [-0.39, 0.29) is 12.5 Å². The highest BCUT2D eigenvalue weighted by Crippen LogP contribution is 2.23. The van der Waals surface area contributed by atoms with Crippen LogP contribution in [0.25, 0.3) is 11.3 Å². The third kappa shape index (κ3) is 4.70. The molecule has 0 aliphatic heterocycles. The Morgan fingerprint density at radius 2 is 1.76 bits per heavy atom. The third-order valence-electron chi connectivity index (χ3n) is 3.64. The number of amides is 1. The van der Waals surface area contributed by atoms with Crippen molar-refractivity contribution in [2.45, 2.75) is 13.3 Å². The fourth-order valence-corrected chi connectivity index (χ4v) is 2.49. The van der Waals surface area contributed by atoms with Gasteiger partial charge in [0.1, 0.15) is 17.2 Å². The van der Waals surface area contributed by atoms with Crippen molar-refractivity contribution in [3.63, 3.8) is 0 Å². The monoisotopic (exact) mass is 336 g/mol. The number of nitrogens with zero attached hydrogens (tertiary/aromatic N) is 1. The summed E-state index contributed by atoms with van der Waals surface area (Å²) in [6, 6.07) is 19.1. The van der Waals surface area contributed by atoms with Crippen molar-refractivity contribution >= 4 is 5.91 Å². The molecular formula is C20H20N2O3. The topological polar surface area (TPSA) is 64.4 Å². The maximum Gasteiger partial charge on any atom is 0.257 e. The second-order valence-corrected chi connectivity index (χ2v) is 5.57. The van der Waals surface area contributed by atoms with Gasteiger partial charge in [0.15, 0.2) is 12.5 Å². The van der Waals surface area contributed by atoms with Crippen molar-refractivity contribution in [2.24, 2.45) is 0 Å². The molecule has 0 fully saturated rings. The lowest BCUT2D eigenvalue weighted by Gasteiger charge is -2.07. The number of hydrogen-bond acceptors (Lipinski definition) is 4. The predicted molar refractivity (Wildman–Crippen MR) is 95.3 cm³/mol. The Kier molecular flexibility index (Phi) is 5.46. The van der Waals surface area contributed by atoms with Gasteiger partial charge >= 0.3 is 0 Å². The molecule has 0 unspecified atom stereocenters. The molecule has 1 N–H and O–H groups in total. The first kappa shape index (κ1) is 16.8. The minimum atomic E-state index is -0.165. The fourth-order valence-electron chi connectivity index (χ4n) is 2.49. The summed E-state index contributed by atoms with van der Waals surface area (Å²) in [4.78, 5) is 16.3. The van der Waals surface area contributed by atoms with Crippen LogP contribution in [-0.2, 0) is 11.2 Å². The molecule has 0 saturated heterocycles. The summed E-state index contributed by atoms with van der Waals surface area (Å²) in [5.74, 6) is 1.90. The van der Waals surface area contributed by atoms with Crippen LogP contribution in [-0.4, -0.2) is 24.0 Å². The van der Waals surface area contributed by atoms with Gasteiger partial charge in [0.05, 0.1) is 0 Å². The maximum atomic E-state index is 11.9. The van der Waals surface area contributed by atoms with Crippen LogP contribution < -0.4 is 10.1 Å². The van der Waals surface area contributed by atoms with Crippen molar-refractivity contribution in [1.29, 1.82) is 0 Å². The van der Waals surface area contributed by atoms with Gasteiger partial charge in [-0.1, -0.05) is 48.5 Å². The summed E-state index contributed by atoms with van der Waals surface area (Å²) in [7, 11) is 0. The molecule has 128 valence electrons. The summed E-state index contributed by atoms with van der Waals surface area (Å²) in [5, 5.41) is 2.84. The SMILES string of the molecule is Cc1nc(-c2ccccc2)c(CCNC(=O)COc2ccccc2)o1. The molecule has 1 heterocycles. The smallest absolute Gasteiger partial charge is 0.257 e. The first-order valence-corrected chi connectivity index (χ1v) is 8.18. The molecule has 1 amide bonds. The molecule has 25 heavy (non-hydrogen) atoms. The Balaban J connectivity index is 1.51. The maximum absolute atomic E-state index is 11.9. The largest absolute Gasteiger partial charge is 0.484 e. The number of carbonyl (C=O) groups excluding carboxylic acids is 1. The molecule has 0 aliphatic carbocycles. The lowest BCUT2D eigenvalue weighted by molar-refractivity contribution is -0.123. The first-order chi connectivity index (χ1) is 12.2. The van der Waals surface area contributed by atoms with Gasteiger partial charge < -0.3 is 14.5 Å². The summed E-state index contributed by atoms with van der Waals surface area (Å²) in [5.41, 5.74) is 1.83. The van der Waals surface area contributed by atoms with E-state index in [9.17, 15) is 4.79 Å². The van der Waals surface area contributed by atoms with Crippen LogP contribution in [0.3, 0.4) is 0 Å². The van der Waals surface area contributed by atoms with Crippen molar-refractivity contribution in [3.05, 3.63) is 72.3 Å². The number of carbonyl (C=O) groups is 1. The predicted octanol–water partition coefficient (Wildman–Crippen LogP) is 3.39. The van der Waals surface area contributed by atoms with Gasteiger partial charge in [-0.25, -0.2) is 4.98 Å². The number of benzene rings is 2. The minimum Gasteiger partial charge on any atom is -0.484 e. The average Bonchev–Trinajstić information content (AvgIpc) is 3.02. The number of para-hydroxylation sites is 1. The van der Waals surface area contributed by atoms with Crippen LogP contribution in [0.15, 0.2) is 65.1 Å². The molecule has 3 aromatic rings. The molecule has 0 aliphatic rings. The lowest BCUT2D eigenvalue weighted by Crippen LogP contribution is -2.30. The van der Waals surface area contributed by atoms with Crippen molar-refractivity contribution in [3.8, 4) is 17.0 Å². The molecule has 2 aromatic carbocycles. The van der Waals surface area contributed by atoms with E-state index in [2.05, 4.69) is 10.3 Å². The number of rotatable bonds is 7. The van der Waals surface area contributed by atoms with Crippen LogP contribution in [0.2, 0.25) is 0 Å². The average molecular weight is 336 g/mol. The van der Waals surface area contributed by atoms with Crippen LogP contribution in [0.5, 0.6) is 5.75 Å². The number of ether oxygens (including phenoxy) is 1. The second kappa shape index (κ2) is 8.15. The molecule has 5 nitrogen and oxygen atoms in total. The quantitative estimate of drug-likeness (QED) is 0.718. The molecular weight excluding hydrogens is 316 g/mol. The fraction of sp³-hybridized carbons (Fsp3) is 0.200. The molecule has 5 heteroatoms. The zero-order valence-corrected chi connectivity index (χ0v) is 14.1. The van der Waals surface area contributed by atoms with Gasteiger partial charge in [-0.05, 0) is 12.1 Å². The van der Waals surface area contributed by atoms with E-state index in [4.69, 9.17) is 9.15 Å². The Morgan fingerprint density at radius 3 is 2.48 bits per heavy atom. The summed E-state index contributed by atoms with van der Waals surface area (Å²) < 4.78 is 11.1. The molecule has 1 aromatic heterocycles. The molecule has 3 rings (SSSR count). The van der Waals surface area contributed by atoms with E-state index in [1.54, 1.807) is 0 Å². The third-order valence-corrected chi connectivity index (χ3v) is 3.64. The Morgan fingerprint density at radius 1 is 1.08 bits per heavy atom. The van der Waals surface area contributed by atoms with Gasteiger partial charge in [-0.3, -0.25) is 4.79 Å². The van der Waals surface area contributed by atoms with E-state index < -0.39 is 0 Å². The number of hydrogen-bond donors (Lipinski definition) is 1. The highest BCUT2D eigenvalue weighted by Gasteiger charge is 2.13. The van der Waals surface area contributed by atoms with E-state index in [1.807, 2.05) is 67.6 Å². The highest BCUT2D eigenvalue weighted by atomic mass is 16.5. The van der Waals surface area contributed by atoms with Gasteiger partial charge in [0.25, 0.3) is 5.91 Å². The highest BCUT2D eigenvalue weighted by molar-refractivity contribution is 5.77. The van der Waals surface area contributed by atoms with Gasteiger partial charge in [0, 0.05) is 25.5 Å². The van der Waals surface area contributed by atoms with Gasteiger partial charge in [-0.15, -0.1) is 0 Å². The number of nitrogens with one attached hydrogen (secondary N) is 1. The second-order valence-electron chi connectivity index (χ2n) is 5.57. The van der Waals surface area contributed by atoms with Crippen molar-refractivity contribution < 1.29 is 13.9 Å². The summed E-state index contributed by atoms with van der Waals surface area (Å²) in [6.07, 6.45) is 0.572. The molecule has 0 radical (unpaired) electrons. The van der Waals surface area contributed by atoms with E-state index >= 15 is 0 Å². The lowest BCUT2D eigenvalue weighted by atomic mass is 10.1. The zero-order valence-electron chi connectivity index (χ0n) is 14.1. The van der Waals surface area contributed by atoms with Gasteiger partial charge in [-0.2, -0.15) is 0 Å². The van der Waals surface area contributed by atoms with Crippen LogP contribution in [0.4, 0.5) is 0 Å². The molecule has 0 spiro atoms. The van der Waals surface area contributed by atoms with Gasteiger partial charge in [0.2, 0.25) is 0 Å². The number of aryl methyl sites for hydroxylation is 1. The first-order valence-electron chi connectivity index (χ1n) is 8.18. The zero-order chi connectivity index (χ0) is 17.5. The summed E-state index contributed by atoms with van der Waals surface area (Å²) >= 11 is 0. The standard InChI is InChI=1S/C20H20N2O3/c1-15-22-20(16-8-4-2-5-9-16)18(25-15)12-13-21-19(23)14-24-17-10-6-3-7-11-17/h2-11H,12-14H2,1H3,(H,21,23). The number of aromatic nitrogens is 1. The normalized spacial score (nSPS) is 10.4. The van der Waals surface area contributed by atoms with Crippen LogP contribution in [0, 0.1) is 6.92 Å². The summed E-state index contributed by atoms with van der Waals surface area (Å²) in [6.45, 7) is 2.28. The minimum absolute atomic E-state index is 0.00894. The van der Waals surface area contributed by atoms with Crippen molar-refractivity contribution in [2.75, 3.05) is 13.2 Å². The van der Waals surface area contributed by atoms with E-state index in [0.717, 1.165) is 17.0 Å². The Hall–Kier alpha value is -3.08. The van der Waals surface area contributed by atoms with Crippen LogP contribution >= 0.6 is 0 Å². The Bertz CT molecular complexity index is 813. The molecule has 0 atom stereocenters.